The molecule has 0 aliphatic carbocycles. The van der Waals surface area contributed by atoms with Crippen molar-refractivity contribution in [1.82, 2.24) is 24.8 Å². The maximum absolute atomic E-state index is 12.8. The molecule has 5 rings (SSSR count). The van der Waals surface area contributed by atoms with Gasteiger partial charge in [0, 0.05) is 55.7 Å². The molecule has 1 saturated heterocycles. The zero-order valence-corrected chi connectivity index (χ0v) is 20.9. The predicted molar refractivity (Wildman–Crippen MR) is 144 cm³/mol. The first-order chi connectivity index (χ1) is 17.6. The van der Waals surface area contributed by atoms with Gasteiger partial charge >= 0.3 is 0 Å². The van der Waals surface area contributed by atoms with Gasteiger partial charge in [0.1, 0.15) is 0 Å². The maximum atomic E-state index is 12.8. The van der Waals surface area contributed by atoms with Crippen LogP contribution in [-0.4, -0.2) is 37.0 Å². The van der Waals surface area contributed by atoms with Crippen LogP contribution in [0, 0.1) is 6.92 Å². The van der Waals surface area contributed by atoms with Gasteiger partial charge in [-0.3, -0.25) is 14.8 Å². The van der Waals surface area contributed by atoms with Crippen LogP contribution < -0.4 is 10.6 Å². The van der Waals surface area contributed by atoms with Gasteiger partial charge in [0.2, 0.25) is 5.91 Å². The number of nitrogens with zero attached hydrogens (tertiary/aromatic N) is 4. The van der Waals surface area contributed by atoms with Gasteiger partial charge in [0.25, 0.3) is 0 Å². The standard InChI is InChI=1S/C28H28N6OS/c1-20-7-4-9-22(17-20)31-25(35)12-16-34-27(26(32-28(34)36)23-10-2-3-14-30-23)24-11-6-15-33(24)19-21-8-5-13-29-18-21/h2-11,13-15,17-18,26-27H,12,16,19H2,1H3,(H,31,35)(H,32,36)/t26-,27-/m0/s1. The van der Waals surface area contributed by atoms with Gasteiger partial charge in [-0.1, -0.05) is 24.3 Å². The summed E-state index contributed by atoms with van der Waals surface area (Å²) in [5, 5.41) is 7.09. The van der Waals surface area contributed by atoms with Crippen LogP contribution in [0.15, 0.2) is 91.5 Å². The lowest BCUT2D eigenvalue weighted by Crippen LogP contribution is -2.33. The van der Waals surface area contributed by atoms with Gasteiger partial charge in [-0.25, -0.2) is 0 Å². The number of anilines is 1. The van der Waals surface area contributed by atoms with Crippen molar-refractivity contribution in [3.05, 3.63) is 114 Å². The molecular formula is C28H28N6OS. The highest BCUT2D eigenvalue weighted by Crippen LogP contribution is 2.39. The number of amides is 1. The third-order valence-corrected chi connectivity index (χ3v) is 6.68. The topological polar surface area (TPSA) is 75.1 Å². The van der Waals surface area contributed by atoms with E-state index in [-0.39, 0.29) is 18.0 Å². The average Bonchev–Trinajstić information content (AvgIpc) is 3.47. The molecule has 0 unspecified atom stereocenters. The molecule has 0 spiro atoms. The smallest absolute Gasteiger partial charge is 0.226 e. The van der Waals surface area contributed by atoms with Gasteiger partial charge in [-0.05, 0) is 72.7 Å². The van der Waals surface area contributed by atoms with Crippen molar-refractivity contribution in [1.29, 1.82) is 0 Å². The summed E-state index contributed by atoms with van der Waals surface area (Å²) in [6.07, 6.45) is 7.83. The summed E-state index contributed by atoms with van der Waals surface area (Å²) >= 11 is 5.78. The quantitative estimate of drug-likeness (QED) is 0.346. The van der Waals surface area contributed by atoms with Crippen molar-refractivity contribution < 1.29 is 4.79 Å². The molecule has 1 aromatic carbocycles. The Morgan fingerprint density at radius 2 is 2.00 bits per heavy atom. The Morgan fingerprint density at radius 1 is 1.08 bits per heavy atom. The Hall–Kier alpha value is -4.04. The van der Waals surface area contributed by atoms with Gasteiger partial charge in [0.05, 0.1) is 17.8 Å². The van der Waals surface area contributed by atoms with Crippen LogP contribution in [0.4, 0.5) is 5.69 Å². The molecule has 4 heterocycles. The number of aromatic nitrogens is 3. The Morgan fingerprint density at radius 3 is 2.78 bits per heavy atom. The Labute approximate surface area is 216 Å². The Kier molecular flexibility index (Phi) is 7.04. The average molecular weight is 497 g/mol. The Balaban J connectivity index is 1.40. The number of aryl methyl sites for hydroxylation is 1. The molecule has 0 radical (unpaired) electrons. The van der Waals surface area contributed by atoms with Crippen LogP contribution in [-0.2, 0) is 11.3 Å². The molecule has 7 nitrogen and oxygen atoms in total. The van der Waals surface area contributed by atoms with Crippen molar-refractivity contribution in [2.75, 3.05) is 11.9 Å². The number of carbonyl (C=O) groups excluding carboxylic acids is 1. The summed E-state index contributed by atoms with van der Waals surface area (Å²) in [7, 11) is 0. The van der Waals surface area contributed by atoms with E-state index in [1.807, 2.05) is 67.7 Å². The molecule has 0 bridgehead atoms. The van der Waals surface area contributed by atoms with E-state index in [4.69, 9.17) is 12.2 Å². The molecule has 4 aromatic rings. The number of thiocarbonyl (C=S) groups is 1. The zero-order chi connectivity index (χ0) is 24.9. The fourth-order valence-corrected chi connectivity index (χ4v) is 5.00. The minimum Gasteiger partial charge on any atom is -0.352 e. The molecule has 3 aromatic heterocycles. The van der Waals surface area contributed by atoms with Crippen LogP contribution in [0.3, 0.4) is 0 Å². The summed E-state index contributed by atoms with van der Waals surface area (Å²) in [6, 6.07) is 21.6. The van der Waals surface area contributed by atoms with E-state index in [1.54, 1.807) is 12.4 Å². The third-order valence-electron chi connectivity index (χ3n) is 6.32. The number of nitrogens with one attached hydrogen (secondary N) is 2. The summed E-state index contributed by atoms with van der Waals surface area (Å²) < 4.78 is 2.22. The van der Waals surface area contributed by atoms with Crippen LogP contribution >= 0.6 is 12.2 Å². The first-order valence-corrected chi connectivity index (χ1v) is 12.4. The van der Waals surface area contributed by atoms with E-state index in [2.05, 4.69) is 48.4 Å². The molecule has 1 amide bonds. The van der Waals surface area contributed by atoms with Crippen molar-refractivity contribution in [3.8, 4) is 0 Å². The second-order valence-electron chi connectivity index (χ2n) is 8.91. The molecule has 36 heavy (non-hydrogen) atoms. The second-order valence-corrected chi connectivity index (χ2v) is 9.30. The third kappa shape index (κ3) is 5.28. The van der Waals surface area contributed by atoms with E-state index in [0.29, 0.717) is 24.6 Å². The number of pyridine rings is 2. The minimum absolute atomic E-state index is 0.0471. The number of hydrogen-bond donors (Lipinski definition) is 2. The lowest BCUT2D eigenvalue weighted by atomic mass is 10.0. The molecule has 1 fully saturated rings. The van der Waals surface area contributed by atoms with Gasteiger partial charge in [-0.15, -0.1) is 0 Å². The van der Waals surface area contributed by atoms with Crippen molar-refractivity contribution in [2.45, 2.75) is 32.0 Å². The highest BCUT2D eigenvalue weighted by molar-refractivity contribution is 7.80. The number of rotatable bonds is 8. The van der Waals surface area contributed by atoms with Crippen LogP contribution in [0.25, 0.3) is 0 Å². The normalized spacial score (nSPS) is 17.1. The van der Waals surface area contributed by atoms with Crippen molar-refractivity contribution >= 4 is 28.9 Å². The molecular weight excluding hydrogens is 468 g/mol. The fourth-order valence-electron chi connectivity index (χ4n) is 4.66. The number of carbonyl (C=O) groups is 1. The zero-order valence-electron chi connectivity index (χ0n) is 20.0. The first kappa shape index (κ1) is 23.7. The van der Waals surface area contributed by atoms with Crippen LogP contribution in [0.2, 0.25) is 0 Å². The summed E-state index contributed by atoms with van der Waals surface area (Å²) in [6.45, 7) is 3.18. The fraction of sp³-hybridized carbons (Fsp3) is 0.214. The van der Waals surface area contributed by atoms with Crippen LogP contribution in [0.1, 0.15) is 41.0 Å². The predicted octanol–water partition coefficient (Wildman–Crippen LogP) is 4.64. The molecule has 8 heteroatoms. The molecule has 1 aliphatic heterocycles. The number of benzene rings is 1. The first-order valence-electron chi connectivity index (χ1n) is 12.0. The van der Waals surface area contributed by atoms with E-state index in [1.165, 1.54) is 0 Å². The number of hydrogen-bond acceptors (Lipinski definition) is 4. The van der Waals surface area contributed by atoms with E-state index < -0.39 is 0 Å². The molecule has 2 atom stereocenters. The highest BCUT2D eigenvalue weighted by Gasteiger charge is 2.41. The van der Waals surface area contributed by atoms with Crippen LogP contribution in [0.5, 0.6) is 0 Å². The minimum atomic E-state index is -0.138. The van der Waals surface area contributed by atoms with Gasteiger partial charge in [0.15, 0.2) is 5.11 Å². The highest BCUT2D eigenvalue weighted by atomic mass is 32.1. The summed E-state index contributed by atoms with van der Waals surface area (Å²) in [5.41, 5.74) is 5.02. The summed E-state index contributed by atoms with van der Waals surface area (Å²) in [4.78, 5) is 23.8. The molecule has 182 valence electrons. The lowest BCUT2D eigenvalue weighted by Gasteiger charge is -2.29. The van der Waals surface area contributed by atoms with E-state index in [0.717, 1.165) is 28.2 Å². The van der Waals surface area contributed by atoms with Crippen molar-refractivity contribution in [2.24, 2.45) is 0 Å². The summed E-state index contributed by atoms with van der Waals surface area (Å²) in [5.74, 6) is -0.0471. The maximum Gasteiger partial charge on any atom is 0.226 e. The molecule has 0 saturated carbocycles. The SMILES string of the molecule is Cc1cccc(NC(=O)CCN2C(=S)N[C@@H](c3ccccn3)[C@@H]2c2cccn2Cc2cccnc2)c1. The lowest BCUT2D eigenvalue weighted by molar-refractivity contribution is -0.116. The van der Waals surface area contributed by atoms with Crippen molar-refractivity contribution in [3.63, 3.8) is 0 Å². The van der Waals surface area contributed by atoms with Gasteiger partial charge in [-0.2, -0.15) is 0 Å². The second kappa shape index (κ2) is 10.7. The monoisotopic (exact) mass is 496 g/mol. The largest absolute Gasteiger partial charge is 0.352 e. The van der Waals surface area contributed by atoms with Gasteiger partial charge < -0.3 is 20.1 Å². The van der Waals surface area contributed by atoms with E-state index >= 15 is 0 Å². The Bertz CT molecular complexity index is 1340. The van der Waals surface area contributed by atoms with E-state index in [9.17, 15) is 4.79 Å². The molecule has 2 N–H and O–H groups in total. The molecule has 1 aliphatic rings.